The number of hydrogen-bond acceptors (Lipinski definition) is 2. The van der Waals surface area contributed by atoms with Gasteiger partial charge in [-0.2, -0.15) is 0 Å². The van der Waals surface area contributed by atoms with Gasteiger partial charge >= 0.3 is 0 Å². The Kier molecular flexibility index (Phi) is 6.21. The van der Waals surface area contributed by atoms with Gasteiger partial charge in [0.25, 0.3) is 5.91 Å². The molecule has 0 radical (unpaired) electrons. The van der Waals surface area contributed by atoms with E-state index < -0.39 is 0 Å². The van der Waals surface area contributed by atoms with Crippen LogP contribution in [0, 0.1) is 5.92 Å². The second-order valence-corrected chi connectivity index (χ2v) is 5.99. The number of benzene rings is 2. The molecule has 0 fully saturated rings. The summed E-state index contributed by atoms with van der Waals surface area (Å²) in [5.41, 5.74) is 2.43. The Morgan fingerprint density at radius 2 is 1.70 bits per heavy atom. The van der Waals surface area contributed by atoms with Crippen LogP contribution >= 0.6 is 0 Å². The zero-order valence-electron chi connectivity index (χ0n) is 14.1. The number of carbonyl (C=O) groups excluding carboxylic acids is 1. The third kappa shape index (κ3) is 5.13. The SMILES string of the molecule is CCc1ccc([C@@H](NC(=O)COc2ccccc2)C(C)C)cc1. The van der Waals surface area contributed by atoms with Crippen LogP contribution in [-0.4, -0.2) is 12.5 Å². The van der Waals surface area contributed by atoms with E-state index in [1.54, 1.807) is 0 Å². The maximum absolute atomic E-state index is 12.2. The molecule has 3 nitrogen and oxygen atoms in total. The minimum Gasteiger partial charge on any atom is -0.484 e. The van der Waals surface area contributed by atoms with E-state index in [-0.39, 0.29) is 18.6 Å². The van der Waals surface area contributed by atoms with Gasteiger partial charge in [0.15, 0.2) is 6.61 Å². The van der Waals surface area contributed by atoms with Crippen LogP contribution in [-0.2, 0) is 11.2 Å². The largest absolute Gasteiger partial charge is 0.484 e. The van der Waals surface area contributed by atoms with Gasteiger partial charge in [-0.15, -0.1) is 0 Å². The van der Waals surface area contributed by atoms with Gasteiger partial charge in [0.2, 0.25) is 0 Å². The van der Waals surface area contributed by atoms with Crippen LogP contribution in [0.4, 0.5) is 0 Å². The van der Waals surface area contributed by atoms with Crippen molar-refractivity contribution in [2.45, 2.75) is 33.2 Å². The first-order valence-electron chi connectivity index (χ1n) is 8.16. The minimum absolute atomic E-state index is 0.00669. The van der Waals surface area contributed by atoms with Gasteiger partial charge in [-0.25, -0.2) is 0 Å². The first-order valence-corrected chi connectivity index (χ1v) is 8.16. The highest BCUT2D eigenvalue weighted by Gasteiger charge is 2.18. The molecule has 0 unspecified atom stereocenters. The van der Waals surface area contributed by atoms with Crippen molar-refractivity contribution in [2.24, 2.45) is 5.92 Å². The first-order chi connectivity index (χ1) is 11.1. The van der Waals surface area contributed by atoms with Crippen molar-refractivity contribution in [3.05, 3.63) is 65.7 Å². The monoisotopic (exact) mass is 311 g/mol. The molecule has 1 atom stereocenters. The summed E-state index contributed by atoms with van der Waals surface area (Å²) in [6.07, 6.45) is 1.02. The standard InChI is InChI=1S/C20H25NO2/c1-4-16-10-12-17(13-11-16)20(15(2)3)21-19(22)14-23-18-8-6-5-7-9-18/h5-13,15,20H,4,14H2,1-3H3,(H,21,22)/t20-/m0/s1. The van der Waals surface area contributed by atoms with Gasteiger partial charge in [0.05, 0.1) is 6.04 Å². The molecule has 3 heteroatoms. The van der Waals surface area contributed by atoms with E-state index in [2.05, 4.69) is 50.4 Å². The van der Waals surface area contributed by atoms with Gasteiger partial charge in [-0.1, -0.05) is 63.2 Å². The van der Waals surface area contributed by atoms with E-state index in [4.69, 9.17) is 4.74 Å². The summed E-state index contributed by atoms with van der Waals surface area (Å²) < 4.78 is 5.51. The van der Waals surface area contributed by atoms with E-state index >= 15 is 0 Å². The van der Waals surface area contributed by atoms with Crippen LogP contribution in [0.3, 0.4) is 0 Å². The Morgan fingerprint density at radius 3 is 2.26 bits per heavy atom. The molecule has 2 aromatic rings. The van der Waals surface area contributed by atoms with Gasteiger partial charge in [0.1, 0.15) is 5.75 Å². The predicted molar refractivity (Wildman–Crippen MR) is 93.5 cm³/mol. The van der Waals surface area contributed by atoms with Crippen LogP contribution in [0.5, 0.6) is 5.75 Å². The van der Waals surface area contributed by atoms with Crippen LogP contribution in [0.25, 0.3) is 0 Å². The van der Waals surface area contributed by atoms with Crippen molar-refractivity contribution >= 4 is 5.91 Å². The third-order valence-electron chi connectivity index (χ3n) is 3.84. The molecule has 0 aliphatic rings. The maximum atomic E-state index is 12.2. The maximum Gasteiger partial charge on any atom is 0.258 e. The summed E-state index contributed by atoms with van der Waals surface area (Å²) in [5.74, 6) is 0.909. The second kappa shape index (κ2) is 8.37. The number of carbonyl (C=O) groups is 1. The normalized spacial score (nSPS) is 12.0. The van der Waals surface area contributed by atoms with Crippen LogP contribution in [0.2, 0.25) is 0 Å². The lowest BCUT2D eigenvalue weighted by atomic mass is 9.95. The second-order valence-electron chi connectivity index (χ2n) is 5.99. The van der Waals surface area contributed by atoms with E-state index in [1.807, 2.05) is 30.3 Å². The number of amides is 1. The smallest absolute Gasteiger partial charge is 0.258 e. The molecule has 0 aliphatic heterocycles. The molecule has 2 aromatic carbocycles. The van der Waals surface area contributed by atoms with Crippen LogP contribution in [0.15, 0.2) is 54.6 Å². The summed E-state index contributed by atoms with van der Waals surface area (Å²) >= 11 is 0. The summed E-state index contributed by atoms with van der Waals surface area (Å²) in [6, 6.07) is 17.8. The lowest BCUT2D eigenvalue weighted by Gasteiger charge is -2.23. The lowest BCUT2D eigenvalue weighted by Crippen LogP contribution is -2.35. The van der Waals surface area contributed by atoms with E-state index in [9.17, 15) is 4.79 Å². The number of ether oxygens (including phenoxy) is 1. The van der Waals surface area contributed by atoms with Crippen molar-refractivity contribution in [1.29, 1.82) is 0 Å². The predicted octanol–water partition coefficient (Wildman–Crippen LogP) is 4.14. The topological polar surface area (TPSA) is 38.3 Å². The van der Waals surface area contributed by atoms with E-state index in [0.29, 0.717) is 11.7 Å². The quantitative estimate of drug-likeness (QED) is 0.834. The Hall–Kier alpha value is -2.29. The minimum atomic E-state index is -0.105. The molecule has 2 rings (SSSR count). The summed E-state index contributed by atoms with van der Waals surface area (Å²) in [7, 11) is 0. The fraction of sp³-hybridized carbons (Fsp3) is 0.350. The number of para-hydroxylation sites is 1. The van der Waals surface area contributed by atoms with Gasteiger partial charge < -0.3 is 10.1 Å². The Bertz CT molecular complexity index is 605. The average Bonchev–Trinajstić information content (AvgIpc) is 2.58. The average molecular weight is 311 g/mol. The molecule has 122 valence electrons. The van der Waals surface area contributed by atoms with Crippen LogP contribution in [0.1, 0.15) is 37.9 Å². The van der Waals surface area contributed by atoms with Gasteiger partial charge in [-0.05, 0) is 35.6 Å². The molecule has 0 aromatic heterocycles. The molecule has 1 amide bonds. The molecule has 0 heterocycles. The zero-order valence-corrected chi connectivity index (χ0v) is 14.1. The van der Waals surface area contributed by atoms with Gasteiger partial charge in [-0.3, -0.25) is 4.79 Å². The molecule has 23 heavy (non-hydrogen) atoms. The molecule has 0 saturated heterocycles. The molecular formula is C20H25NO2. The molecule has 0 bridgehead atoms. The highest BCUT2D eigenvalue weighted by Crippen LogP contribution is 2.22. The number of rotatable bonds is 7. The summed E-state index contributed by atoms with van der Waals surface area (Å²) in [6.45, 7) is 6.38. The fourth-order valence-corrected chi connectivity index (χ4v) is 2.48. The van der Waals surface area contributed by atoms with Crippen molar-refractivity contribution < 1.29 is 9.53 Å². The van der Waals surface area contributed by atoms with E-state index in [1.165, 1.54) is 5.56 Å². The molecule has 0 spiro atoms. The van der Waals surface area contributed by atoms with Gasteiger partial charge in [0, 0.05) is 0 Å². The Balaban J connectivity index is 1.96. The lowest BCUT2D eigenvalue weighted by molar-refractivity contribution is -0.124. The highest BCUT2D eigenvalue weighted by atomic mass is 16.5. The van der Waals surface area contributed by atoms with Crippen molar-refractivity contribution in [1.82, 2.24) is 5.32 Å². The number of aryl methyl sites for hydroxylation is 1. The van der Waals surface area contributed by atoms with Crippen LogP contribution < -0.4 is 10.1 Å². The Morgan fingerprint density at radius 1 is 1.04 bits per heavy atom. The van der Waals surface area contributed by atoms with Crippen molar-refractivity contribution in [3.63, 3.8) is 0 Å². The number of nitrogens with one attached hydrogen (secondary N) is 1. The molecule has 0 saturated carbocycles. The summed E-state index contributed by atoms with van der Waals surface area (Å²) in [5, 5.41) is 3.08. The molecule has 1 N–H and O–H groups in total. The van der Waals surface area contributed by atoms with Crippen molar-refractivity contribution in [2.75, 3.05) is 6.61 Å². The number of hydrogen-bond donors (Lipinski definition) is 1. The summed E-state index contributed by atoms with van der Waals surface area (Å²) in [4.78, 5) is 12.2. The van der Waals surface area contributed by atoms with Crippen molar-refractivity contribution in [3.8, 4) is 5.75 Å². The Labute approximate surface area is 138 Å². The molecule has 0 aliphatic carbocycles. The van der Waals surface area contributed by atoms with E-state index in [0.717, 1.165) is 12.0 Å². The molecular weight excluding hydrogens is 286 g/mol. The third-order valence-corrected chi connectivity index (χ3v) is 3.84. The highest BCUT2D eigenvalue weighted by molar-refractivity contribution is 5.78. The zero-order chi connectivity index (χ0) is 16.7. The first kappa shape index (κ1) is 17.1. The fourth-order valence-electron chi connectivity index (χ4n) is 2.48.